The zero-order valence-electron chi connectivity index (χ0n) is 11.9. The van der Waals surface area contributed by atoms with Gasteiger partial charge in [0.25, 0.3) is 5.91 Å². The topological polar surface area (TPSA) is 57.6 Å². The second kappa shape index (κ2) is 6.08. The number of rotatable bonds is 3. The molecule has 0 spiro atoms. The molecule has 23 heavy (non-hydrogen) atoms. The summed E-state index contributed by atoms with van der Waals surface area (Å²) in [6.45, 7) is 0.101. The van der Waals surface area contributed by atoms with E-state index in [-0.39, 0.29) is 24.6 Å². The molecule has 4 nitrogen and oxygen atoms in total. The summed E-state index contributed by atoms with van der Waals surface area (Å²) in [6, 6.07) is 6.48. The maximum atomic E-state index is 14.0. The Morgan fingerprint density at radius 1 is 1.22 bits per heavy atom. The number of thiophene rings is 1. The van der Waals surface area contributed by atoms with Crippen LogP contribution < -0.4 is 0 Å². The first-order valence-electron chi connectivity index (χ1n) is 6.98. The first-order valence-corrected chi connectivity index (χ1v) is 7.86. The van der Waals surface area contributed by atoms with E-state index in [1.54, 1.807) is 17.5 Å². The molecule has 7 heteroatoms. The lowest BCUT2D eigenvalue weighted by Crippen LogP contribution is -2.29. The minimum Gasteiger partial charge on any atom is -0.481 e. The number of carbonyl (C=O) groups is 2. The van der Waals surface area contributed by atoms with Crippen LogP contribution in [0.5, 0.6) is 0 Å². The molecule has 1 saturated heterocycles. The molecule has 2 atom stereocenters. The van der Waals surface area contributed by atoms with Crippen LogP contribution in [0.1, 0.15) is 21.2 Å². The number of amides is 1. The number of likely N-dealkylation sites (tertiary alicyclic amines) is 1. The average Bonchev–Trinajstić information content (AvgIpc) is 3.16. The van der Waals surface area contributed by atoms with Gasteiger partial charge in [0, 0.05) is 25.1 Å². The average molecular weight is 337 g/mol. The van der Waals surface area contributed by atoms with Crippen molar-refractivity contribution < 1.29 is 23.5 Å². The number of aliphatic carboxylic acids is 1. The highest BCUT2D eigenvalue weighted by Gasteiger charge is 2.41. The van der Waals surface area contributed by atoms with E-state index in [1.807, 2.05) is 0 Å². The fourth-order valence-electron chi connectivity index (χ4n) is 2.89. The van der Waals surface area contributed by atoms with E-state index in [2.05, 4.69) is 0 Å². The summed E-state index contributed by atoms with van der Waals surface area (Å²) >= 11 is 1.27. The molecule has 1 aromatic carbocycles. The van der Waals surface area contributed by atoms with E-state index in [1.165, 1.54) is 22.3 Å². The summed E-state index contributed by atoms with van der Waals surface area (Å²) in [7, 11) is 0. The van der Waals surface area contributed by atoms with Crippen molar-refractivity contribution in [2.75, 3.05) is 13.1 Å². The molecule has 1 fully saturated rings. The van der Waals surface area contributed by atoms with Crippen molar-refractivity contribution in [2.24, 2.45) is 5.92 Å². The van der Waals surface area contributed by atoms with Crippen LogP contribution in [0.15, 0.2) is 35.7 Å². The second-order valence-electron chi connectivity index (χ2n) is 5.40. The summed E-state index contributed by atoms with van der Waals surface area (Å²) in [4.78, 5) is 25.8. The van der Waals surface area contributed by atoms with Crippen LogP contribution in [0.25, 0.3) is 0 Å². The molecule has 0 bridgehead atoms. The number of hydrogen-bond donors (Lipinski definition) is 1. The Morgan fingerprint density at radius 3 is 2.61 bits per heavy atom. The molecule has 3 rings (SSSR count). The molecule has 1 amide bonds. The third-order valence-electron chi connectivity index (χ3n) is 4.02. The van der Waals surface area contributed by atoms with Gasteiger partial charge >= 0.3 is 5.97 Å². The normalized spacial score (nSPS) is 20.7. The zero-order chi connectivity index (χ0) is 16.6. The molecule has 0 radical (unpaired) electrons. The SMILES string of the molecule is O=C(O)[C@@H]1CN(C(=O)c2cccs2)C[C@H]1c1ccc(F)cc1F. The van der Waals surface area contributed by atoms with E-state index in [4.69, 9.17) is 0 Å². The van der Waals surface area contributed by atoms with Gasteiger partial charge in [-0.25, -0.2) is 8.78 Å². The predicted molar refractivity (Wildman–Crippen MR) is 80.4 cm³/mol. The molecule has 0 saturated carbocycles. The lowest BCUT2D eigenvalue weighted by molar-refractivity contribution is -0.141. The van der Waals surface area contributed by atoms with Gasteiger partial charge in [-0.05, 0) is 23.1 Å². The van der Waals surface area contributed by atoms with Gasteiger partial charge in [-0.1, -0.05) is 12.1 Å². The number of halogens is 2. The van der Waals surface area contributed by atoms with E-state index < -0.39 is 29.4 Å². The van der Waals surface area contributed by atoms with Crippen molar-refractivity contribution in [3.63, 3.8) is 0 Å². The van der Waals surface area contributed by atoms with Gasteiger partial charge in [0.1, 0.15) is 11.6 Å². The Kier molecular flexibility index (Phi) is 4.12. The van der Waals surface area contributed by atoms with E-state index in [9.17, 15) is 23.5 Å². The van der Waals surface area contributed by atoms with Crippen LogP contribution in [-0.2, 0) is 4.79 Å². The fraction of sp³-hybridized carbons (Fsp3) is 0.250. The molecule has 1 aliphatic heterocycles. The maximum absolute atomic E-state index is 14.0. The summed E-state index contributed by atoms with van der Waals surface area (Å²) < 4.78 is 27.1. The quantitative estimate of drug-likeness (QED) is 0.937. The van der Waals surface area contributed by atoms with Crippen molar-refractivity contribution in [1.82, 2.24) is 4.90 Å². The van der Waals surface area contributed by atoms with Gasteiger partial charge in [-0.2, -0.15) is 0 Å². The molecule has 120 valence electrons. The molecule has 2 heterocycles. The number of carboxylic acids is 1. The van der Waals surface area contributed by atoms with Gasteiger partial charge < -0.3 is 10.0 Å². The Morgan fingerprint density at radius 2 is 2.00 bits per heavy atom. The molecule has 0 aliphatic carbocycles. The largest absolute Gasteiger partial charge is 0.481 e. The number of carbonyl (C=O) groups excluding carboxylic acids is 1. The summed E-state index contributed by atoms with van der Waals surface area (Å²) in [5.41, 5.74) is 0.125. The Balaban J connectivity index is 1.90. The molecule has 1 N–H and O–H groups in total. The Hall–Kier alpha value is -2.28. The van der Waals surface area contributed by atoms with Crippen LogP contribution in [0.3, 0.4) is 0 Å². The first kappa shape index (κ1) is 15.6. The van der Waals surface area contributed by atoms with Crippen LogP contribution in [0.2, 0.25) is 0 Å². The number of benzene rings is 1. The van der Waals surface area contributed by atoms with E-state index in [0.717, 1.165) is 12.1 Å². The first-order chi connectivity index (χ1) is 11.0. The summed E-state index contributed by atoms with van der Waals surface area (Å²) in [5, 5.41) is 11.1. The van der Waals surface area contributed by atoms with Crippen molar-refractivity contribution in [1.29, 1.82) is 0 Å². The molecule has 1 aromatic heterocycles. The second-order valence-corrected chi connectivity index (χ2v) is 6.35. The van der Waals surface area contributed by atoms with Crippen molar-refractivity contribution >= 4 is 23.2 Å². The molecule has 1 aliphatic rings. The minimum atomic E-state index is -1.10. The van der Waals surface area contributed by atoms with Gasteiger partial charge in [0.15, 0.2) is 0 Å². The Bertz CT molecular complexity index is 748. The zero-order valence-corrected chi connectivity index (χ0v) is 12.7. The number of carboxylic acid groups (broad SMARTS) is 1. The summed E-state index contributed by atoms with van der Waals surface area (Å²) in [5.74, 6) is -4.48. The van der Waals surface area contributed by atoms with E-state index >= 15 is 0 Å². The lowest BCUT2D eigenvalue weighted by Gasteiger charge is -2.16. The molecule has 2 aromatic rings. The van der Waals surface area contributed by atoms with Crippen molar-refractivity contribution in [3.05, 3.63) is 57.8 Å². The summed E-state index contributed by atoms with van der Waals surface area (Å²) in [6.07, 6.45) is 0. The van der Waals surface area contributed by atoms with Gasteiger partial charge in [0.05, 0.1) is 10.8 Å². The van der Waals surface area contributed by atoms with Gasteiger partial charge in [-0.15, -0.1) is 11.3 Å². The highest BCUT2D eigenvalue weighted by atomic mass is 32.1. The third kappa shape index (κ3) is 2.96. The third-order valence-corrected chi connectivity index (χ3v) is 4.88. The lowest BCUT2D eigenvalue weighted by atomic mass is 9.88. The van der Waals surface area contributed by atoms with Gasteiger partial charge in [-0.3, -0.25) is 9.59 Å². The monoisotopic (exact) mass is 337 g/mol. The predicted octanol–water partition coefficient (Wildman–Crippen LogP) is 2.97. The standard InChI is InChI=1S/C16H13F2NO3S/c17-9-3-4-10(13(18)6-9)11-7-19(8-12(11)16(21)22)15(20)14-2-1-5-23-14/h1-6,11-12H,7-8H2,(H,21,22)/t11-,12+/m0/s1. The van der Waals surface area contributed by atoms with Crippen LogP contribution in [0, 0.1) is 17.6 Å². The molecular weight excluding hydrogens is 324 g/mol. The fourth-order valence-corrected chi connectivity index (χ4v) is 3.58. The van der Waals surface area contributed by atoms with E-state index in [0.29, 0.717) is 4.88 Å². The van der Waals surface area contributed by atoms with Crippen LogP contribution in [-0.4, -0.2) is 35.0 Å². The maximum Gasteiger partial charge on any atom is 0.308 e. The van der Waals surface area contributed by atoms with Gasteiger partial charge in [0.2, 0.25) is 0 Å². The Labute approximate surface area is 135 Å². The number of hydrogen-bond acceptors (Lipinski definition) is 3. The molecular formula is C16H13F2NO3S. The van der Waals surface area contributed by atoms with Crippen LogP contribution in [0.4, 0.5) is 8.78 Å². The molecule has 0 unspecified atom stereocenters. The highest BCUT2D eigenvalue weighted by Crippen LogP contribution is 2.35. The van der Waals surface area contributed by atoms with Crippen molar-refractivity contribution in [3.8, 4) is 0 Å². The van der Waals surface area contributed by atoms with Crippen molar-refractivity contribution in [2.45, 2.75) is 5.92 Å². The van der Waals surface area contributed by atoms with Crippen LogP contribution >= 0.6 is 11.3 Å². The number of nitrogens with zero attached hydrogens (tertiary/aromatic N) is 1. The minimum absolute atomic E-state index is 0.00749. The highest BCUT2D eigenvalue weighted by molar-refractivity contribution is 7.12. The smallest absolute Gasteiger partial charge is 0.308 e.